The maximum absolute atomic E-state index is 6.53. The van der Waals surface area contributed by atoms with E-state index in [1.54, 1.807) is 0 Å². The molecule has 3 heterocycles. The summed E-state index contributed by atoms with van der Waals surface area (Å²) in [5.74, 6) is 0. The second kappa shape index (κ2) is 18.9. The Bertz CT molecular complexity index is 4380. The van der Waals surface area contributed by atoms with Crippen molar-refractivity contribution in [2.45, 2.75) is 169 Å². The molecule has 2 aliphatic carbocycles. The zero-order valence-electron chi connectivity index (χ0n) is 53.3. The molecule has 0 atom stereocenters. The topological polar surface area (TPSA) is 22.9 Å². The molecule has 0 amide bonds. The van der Waals surface area contributed by atoms with E-state index in [4.69, 9.17) is 4.42 Å². The average molecular weight is 1110 g/mol. The molecule has 0 saturated carbocycles. The molecule has 0 N–H and O–H groups in total. The summed E-state index contributed by atoms with van der Waals surface area (Å²) in [7, 11) is 0. The van der Waals surface area contributed by atoms with Crippen LogP contribution in [0.1, 0.15) is 167 Å². The molecule has 5 heteroatoms. The molecular formula is C80H84BN3O. The van der Waals surface area contributed by atoms with E-state index in [0.29, 0.717) is 0 Å². The van der Waals surface area contributed by atoms with Crippen molar-refractivity contribution >= 4 is 96.2 Å². The summed E-state index contributed by atoms with van der Waals surface area (Å²) in [6, 6.07) is 66.2. The van der Waals surface area contributed by atoms with Crippen LogP contribution in [0.15, 0.2) is 174 Å². The van der Waals surface area contributed by atoms with E-state index < -0.39 is 0 Å². The Balaban J connectivity index is 1.08. The number of benzene rings is 9. The molecule has 4 aliphatic rings. The van der Waals surface area contributed by atoms with Gasteiger partial charge in [-0.25, -0.2) is 0 Å². The maximum atomic E-state index is 6.53. The second-order valence-electron chi connectivity index (χ2n) is 30.5. The predicted molar refractivity (Wildman–Crippen MR) is 365 cm³/mol. The molecule has 4 nitrogen and oxygen atoms in total. The van der Waals surface area contributed by atoms with Gasteiger partial charge in [0.15, 0.2) is 0 Å². The van der Waals surface area contributed by atoms with Crippen LogP contribution in [0.3, 0.4) is 0 Å². The summed E-state index contributed by atoms with van der Waals surface area (Å²) in [5.41, 5.74) is 30.0. The lowest BCUT2D eigenvalue weighted by molar-refractivity contribution is 0.332. The normalized spacial score (nSPS) is 17.1. The van der Waals surface area contributed by atoms with Gasteiger partial charge in [0.05, 0.1) is 5.69 Å². The van der Waals surface area contributed by atoms with E-state index >= 15 is 0 Å². The molecule has 85 heavy (non-hydrogen) atoms. The van der Waals surface area contributed by atoms with Gasteiger partial charge in [-0.05, 0) is 223 Å². The summed E-state index contributed by atoms with van der Waals surface area (Å²) in [6.07, 6.45) is 4.58. The summed E-state index contributed by atoms with van der Waals surface area (Å²) in [6.45, 7) is 38.3. The zero-order valence-corrected chi connectivity index (χ0v) is 53.3. The van der Waals surface area contributed by atoms with Gasteiger partial charge in [-0.15, -0.1) is 0 Å². The Morgan fingerprint density at radius 2 is 0.929 bits per heavy atom. The third-order valence-electron chi connectivity index (χ3n) is 20.6. The smallest absolute Gasteiger partial charge is 0.252 e. The number of aryl methyl sites for hydroxylation is 2. The first kappa shape index (κ1) is 55.1. The fraction of sp³-hybridized carbons (Fsp3) is 0.325. The van der Waals surface area contributed by atoms with Gasteiger partial charge in [0.2, 0.25) is 0 Å². The second-order valence-corrected chi connectivity index (χ2v) is 30.5. The number of hydrogen-bond acceptors (Lipinski definition) is 4. The van der Waals surface area contributed by atoms with E-state index in [1.807, 2.05) is 0 Å². The van der Waals surface area contributed by atoms with Crippen LogP contribution in [-0.4, -0.2) is 6.71 Å². The van der Waals surface area contributed by atoms with E-state index in [0.717, 1.165) is 64.7 Å². The van der Waals surface area contributed by atoms with Gasteiger partial charge in [0, 0.05) is 61.8 Å². The van der Waals surface area contributed by atoms with Crippen molar-refractivity contribution in [2.75, 3.05) is 14.7 Å². The SMILES string of the molecule is Cc1cc2c3c(c1)N(c1ccc(C(C)(C)C)cc1-c1ccccc1)c1cc4c(cc1B3c1ccc(N(c3ccc5c(c3)C(C)(C)CCC5(C)C)c3ccc5oc6ccccc6c5c3)cc1N2c1ccc(C(C)(C)C)cc1C)C(C)(C)CCC4(C)C. The van der Waals surface area contributed by atoms with E-state index in [1.165, 1.54) is 106 Å². The van der Waals surface area contributed by atoms with Gasteiger partial charge >= 0.3 is 0 Å². The van der Waals surface area contributed by atoms with Crippen LogP contribution in [0.4, 0.5) is 51.2 Å². The molecule has 1 aromatic heterocycles. The Morgan fingerprint density at radius 1 is 0.412 bits per heavy atom. The van der Waals surface area contributed by atoms with Gasteiger partial charge in [-0.2, -0.15) is 0 Å². The van der Waals surface area contributed by atoms with Crippen molar-refractivity contribution in [1.82, 2.24) is 0 Å². The van der Waals surface area contributed by atoms with Crippen LogP contribution in [0, 0.1) is 13.8 Å². The highest BCUT2D eigenvalue weighted by Crippen LogP contribution is 2.54. The lowest BCUT2D eigenvalue weighted by atomic mass is 9.33. The minimum atomic E-state index is -0.0691. The van der Waals surface area contributed by atoms with E-state index in [9.17, 15) is 0 Å². The third kappa shape index (κ3) is 8.82. The molecule has 0 fully saturated rings. The van der Waals surface area contributed by atoms with Crippen molar-refractivity contribution in [3.05, 3.63) is 214 Å². The highest BCUT2D eigenvalue weighted by Gasteiger charge is 2.48. The maximum Gasteiger partial charge on any atom is 0.252 e. The number of anilines is 9. The van der Waals surface area contributed by atoms with Gasteiger partial charge in [-0.1, -0.05) is 182 Å². The molecule has 10 aromatic rings. The molecule has 9 aromatic carbocycles. The summed E-state index contributed by atoms with van der Waals surface area (Å²) in [5, 5.41) is 2.24. The number of furan rings is 1. The Labute approximate surface area is 507 Å². The monoisotopic (exact) mass is 1110 g/mol. The van der Waals surface area contributed by atoms with Gasteiger partial charge in [0.25, 0.3) is 6.71 Å². The Morgan fingerprint density at radius 3 is 1.59 bits per heavy atom. The first-order valence-corrected chi connectivity index (χ1v) is 31.4. The van der Waals surface area contributed by atoms with Crippen LogP contribution in [0.5, 0.6) is 0 Å². The first-order chi connectivity index (χ1) is 40.2. The van der Waals surface area contributed by atoms with Crippen molar-refractivity contribution in [3.8, 4) is 11.1 Å². The lowest BCUT2D eigenvalue weighted by Gasteiger charge is -2.48. The van der Waals surface area contributed by atoms with Gasteiger partial charge in [0.1, 0.15) is 11.2 Å². The largest absolute Gasteiger partial charge is 0.456 e. The van der Waals surface area contributed by atoms with Crippen molar-refractivity contribution in [3.63, 3.8) is 0 Å². The van der Waals surface area contributed by atoms with Crippen molar-refractivity contribution in [1.29, 1.82) is 0 Å². The quantitative estimate of drug-likeness (QED) is 0.155. The highest BCUT2D eigenvalue weighted by molar-refractivity contribution is 7.00. The molecule has 428 valence electrons. The predicted octanol–water partition coefficient (Wildman–Crippen LogP) is 20.7. The van der Waals surface area contributed by atoms with E-state index in [2.05, 4.69) is 295 Å². The van der Waals surface area contributed by atoms with Crippen LogP contribution < -0.4 is 31.1 Å². The van der Waals surface area contributed by atoms with Crippen molar-refractivity contribution < 1.29 is 4.42 Å². The van der Waals surface area contributed by atoms with Crippen LogP contribution in [0.2, 0.25) is 0 Å². The van der Waals surface area contributed by atoms with Crippen LogP contribution in [-0.2, 0) is 32.5 Å². The molecule has 0 unspecified atom stereocenters. The Kier molecular flexibility index (Phi) is 12.2. The molecule has 0 saturated heterocycles. The molecule has 0 bridgehead atoms. The molecular weight excluding hydrogens is 1030 g/mol. The van der Waals surface area contributed by atoms with Crippen LogP contribution >= 0.6 is 0 Å². The number of para-hydroxylation sites is 1. The Hall–Kier alpha value is -7.76. The third-order valence-corrected chi connectivity index (χ3v) is 20.6. The van der Waals surface area contributed by atoms with Crippen molar-refractivity contribution in [2.24, 2.45) is 0 Å². The lowest BCUT2D eigenvalue weighted by Crippen LogP contribution is -2.62. The number of nitrogens with zero attached hydrogens (tertiary/aromatic N) is 3. The van der Waals surface area contributed by atoms with E-state index in [-0.39, 0.29) is 39.2 Å². The molecule has 14 rings (SSSR count). The minimum Gasteiger partial charge on any atom is -0.456 e. The highest BCUT2D eigenvalue weighted by atomic mass is 16.3. The standard InChI is InChI=1S/C80H84BN3O/c1-49-40-70-74-71(41-49)84(67-34-27-53(76(6,7)8)43-58(67)51-22-18-17-19-23-51)69-48-63-62(79(13,14)38-39-80(63,15)16)47-65(69)81(74)64-32-29-56(46-68(64)83(70)66-33-26-52(42-50(66)2)75(3,4)5)82(54-30-35-73-59(44-54)57-24-20-21-25-72(57)85-73)55-28-31-60-61(45-55)78(11,12)37-36-77(60,9)10/h17-35,40-48H,36-39H2,1-16H3. The summed E-state index contributed by atoms with van der Waals surface area (Å²) in [4.78, 5) is 7.88. The number of hydrogen-bond donors (Lipinski definition) is 0. The molecule has 0 spiro atoms. The number of fused-ring (bicyclic) bond motifs is 9. The fourth-order valence-electron chi connectivity index (χ4n) is 15.3. The summed E-state index contributed by atoms with van der Waals surface area (Å²) >= 11 is 0. The van der Waals surface area contributed by atoms with Gasteiger partial charge in [-0.3, -0.25) is 0 Å². The molecule has 2 aliphatic heterocycles. The molecule has 0 radical (unpaired) electrons. The first-order valence-electron chi connectivity index (χ1n) is 31.4. The van der Waals surface area contributed by atoms with Gasteiger partial charge < -0.3 is 19.1 Å². The number of rotatable bonds is 6. The zero-order chi connectivity index (χ0) is 59.7. The van der Waals surface area contributed by atoms with Crippen LogP contribution in [0.25, 0.3) is 33.1 Å². The fourth-order valence-corrected chi connectivity index (χ4v) is 15.3. The average Bonchev–Trinajstić information content (AvgIpc) is 1.11. The summed E-state index contributed by atoms with van der Waals surface area (Å²) < 4.78 is 6.53. The minimum absolute atomic E-state index is 0.00820.